The summed E-state index contributed by atoms with van der Waals surface area (Å²) in [6, 6.07) is 0. The van der Waals surface area contributed by atoms with Crippen molar-refractivity contribution in [1.82, 2.24) is 0 Å². The highest BCUT2D eigenvalue weighted by molar-refractivity contribution is 4.90. The molecular weight excluding hydrogens is 296 g/mol. The predicted molar refractivity (Wildman–Crippen MR) is 90.5 cm³/mol. The van der Waals surface area contributed by atoms with E-state index >= 15 is 0 Å². The van der Waals surface area contributed by atoms with Crippen LogP contribution in [0.1, 0.15) is 66.2 Å². The van der Waals surface area contributed by atoms with E-state index < -0.39 is 12.4 Å². The highest BCUT2D eigenvalue weighted by Crippen LogP contribution is 2.27. The zero-order chi connectivity index (χ0) is 17.1. The Morgan fingerprint density at radius 1 is 0.739 bits per heavy atom. The second-order valence-electron chi connectivity index (χ2n) is 6.30. The van der Waals surface area contributed by atoms with E-state index in [1.54, 1.807) is 0 Å². The molecule has 23 heavy (non-hydrogen) atoms. The zero-order valence-corrected chi connectivity index (χ0v) is 15.3. The van der Waals surface area contributed by atoms with Crippen molar-refractivity contribution in [2.75, 3.05) is 19.8 Å². The first-order valence-electron chi connectivity index (χ1n) is 9.33. The van der Waals surface area contributed by atoms with Gasteiger partial charge in [-0.1, -0.05) is 40.0 Å². The fourth-order valence-corrected chi connectivity index (χ4v) is 2.68. The molecule has 5 atom stereocenters. The van der Waals surface area contributed by atoms with E-state index in [0.717, 1.165) is 38.5 Å². The second-order valence-corrected chi connectivity index (χ2v) is 6.30. The van der Waals surface area contributed by atoms with Gasteiger partial charge >= 0.3 is 0 Å². The molecule has 1 N–H and O–H groups in total. The van der Waals surface area contributed by atoms with Crippen LogP contribution in [0.15, 0.2) is 0 Å². The lowest BCUT2D eigenvalue weighted by atomic mass is 9.99. The summed E-state index contributed by atoms with van der Waals surface area (Å²) >= 11 is 0. The van der Waals surface area contributed by atoms with Crippen molar-refractivity contribution < 1.29 is 24.1 Å². The van der Waals surface area contributed by atoms with Gasteiger partial charge in [0.1, 0.15) is 18.3 Å². The molecule has 0 saturated carbocycles. The SMILES string of the molecule is CCCCOC1C(OCCCC)[C@H](O)OC(C)[C@H]1OCCCC. The molecule has 5 heteroatoms. The molecule has 1 aliphatic heterocycles. The lowest BCUT2D eigenvalue weighted by Crippen LogP contribution is -2.59. The van der Waals surface area contributed by atoms with E-state index in [4.69, 9.17) is 18.9 Å². The third kappa shape index (κ3) is 7.06. The lowest BCUT2D eigenvalue weighted by molar-refractivity contribution is -0.303. The Labute approximate surface area is 141 Å². The van der Waals surface area contributed by atoms with Crippen LogP contribution in [0.5, 0.6) is 0 Å². The minimum Gasteiger partial charge on any atom is -0.373 e. The van der Waals surface area contributed by atoms with Crippen LogP contribution >= 0.6 is 0 Å². The van der Waals surface area contributed by atoms with Crippen molar-refractivity contribution in [3.8, 4) is 0 Å². The summed E-state index contributed by atoms with van der Waals surface area (Å²) in [6.07, 6.45) is 4.04. The maximum absolute atomic E-state index is 10.3. The van der Waals surface area contributed by atoms with Gasteiger partial charge in [-0.2, -0.15) is 0 Å². The van der Waals surface area contributed by atoms with Crippen LogP contribution in [-0.4, -0.2) is 55.6 Å². The Balaban J connectivity index is 2.71. The normalized spacial score (nSPS) is 31.4. The largest absolute Gasteiger partial charge is 0.373 e. The number of hydrogen-bond acceptors (Lipinski definition) is 5. The van der Waals surface area contributed by atoms with E-state index in [2.05, 4.69) is 20.8 Å². The van der Waals surface area contributed by atoms with Crippen LogP contribution < -0.4 is 0 Å². The Bertz CT molecular complexity index is 265. The van der Waals surface area contributed by atoms with E-state index in [1.807, 2.05) is 6.92 Å². The molecule has 5 nitrogen and oxygen atoms in total. The summed E-state index contributed by atoms with van der Waals surface area (Å²) in [6.45, 7) is 10.3. The topological polar surface area (TPSA) is 57.2 Å². The molecule has 1 fully saturated rings. The summed E-state index contributed by atoms with van der Waals surface area (Å²) in [5.74, 6) is 0. The number of aliphatic hydroxyl groups excluding tert-OH is 1. The molecule has 3 unspecified atom stereocenters. The third-order valence-corrected chi connectivity index (χ3v) is 4.17. The van der Waals surface area contributed by atoms with Crippen molar-refractivity contribution in [3.05, 3.63) is 0 Å². The number of hydrogen-bond donors (Lipinski definition) is 1. The summed E-state index contributed by atoms with van der Waals surface area (Å²) < 4.78 is 23.6. The van der Waals surface area contributed by atoms with Crippen molar-refractivity contribution >= 4 is 0 Å². The van der Waals surface area contributed by atoms with Crippen LogP contribution in [0, 0.1) is 0 Å². The predicted octanol–water partition coefficient (Wildman–Crippen LogP) is 3.28. The molecule has 1 heterocycles. The molecule has 1 aliphatic rings. The van der Waals surface area contributed by atoms with Gasteiger partial charge in [-0.3, -0.25) is 0 Å². The molecule has 0 bridgehead atoms. The highest BCUT2D eigenvalue weighted by Gasteiger charge is 2.45. The van der Waals surface area contributed by atoms with Gasteiger partial charge in [0.25, 0.3) is 0 Å². The average Bonchev–Trinajstić information content (AvgIpc) is 2.53. The molecule has 0 aromatic rings. The van der Waals surface area contributed by atoms with Gasteiger partial charge < -0.3 is 24.1 Å². The van der Waals surface area contributed by atoms with E-state index in [-0.39, 0.29) is 18.3 Å². The van der Waals surface area contributed by atoms with Crippen LogP contribution in [0.25, 0.3) is 0 Å². The molecule has 0 aliphatic carbocycles. The van der Waals surface area contributed by atoms with Crippen LogP contribution in [0.4, 0.5) is 0 Å². The summed E-state index contributed by atoms with van der Waals surface area (Å²) in [4.78, 5) is 0. The minimum atomic E-state index is -0.959. The molecule has 1 rings (SSSR count). The monoisotopic (exact) mass is 332 g/mol. The Kier molecular flexibility index (Phi) is 11.1. The van der Waals surface area contributed by atoms with Gasteiger partial charge in [0.2, 0.25) is 0 Å². The fourth-order valence-electron chi connectivity index (χ4n) is 2.68. The number of ether oxygens (including phenoxy) is 4. The molecule has 0 spiro atoms. The van der Waals surface area contributed by atoms with Gasteiger partial charge in [0.05, 0.1) is 6.10 Å². The van der Waals surface area contributed by atoms with Crippen molar-refractivity contribution in [2.24, 2.45) is 0 Å². The summed E-state index contributed by atoms with van der Waals surface area (Å²) in [7, 11) is 0. The Morgan fingerprint density at radius 3 is 1.65 bits per heavy atom. The van der Waals surface area contributed by atoms with Gasteiger partial charge in [-0.05, 0) is 26.2 Å². The van der Waals surface area contributed by atoms with E-state index in [9.17, 15) is 5.11 Å². The minimum absolute atomic E-state index is 0.201. The fraction of sp³-hybridized carbons (Fsp3) is 1.00. The van der Waals surface area contributed by atoms with Crippen molar-refractivity contribution in [3.63, 3.8) is 0 Å². The van der Waals surface area contributed by atoms with Gasteiger partial charge in [-0.25, -0.2) is 0 Å². The van der Waals surface area contributed by atoms with Crippen LogP contribution in [-0.2, 0) is 18.9 Å². The summed E-state index contributed by atoms with van der Waals surface area (Å²) in [5, 5.41) is 10.3. The zero-order valence-electron chi connectivity index (χ0n) is 15.3. The third-order valence-electron chi connectivity index (χ3n) is 4.17. The first-order chi connectivity index (χ1) is 11.2. The van der Waals surface area contributed by atoms with E-state index in [0.29, 0.717) is 19.8 Å². The van der Waals surface area contributed by atoms with Crippen LogP contribution in [0.3, 0.4) is 0 Å². The quantitative estimate of drug-likeness (QED) is 0.556. The van der Waals surface area contributed by atoms with Gasteiger partial charge in [0.15, 0.2) is 6.29 Å². The molecule has 138 valence electrons. The van der Waals surface area contributed by atoms with Crippen LogP contribution in [0.2, 0.25) is 0 Å². The molecule has 0 radical (unpaired) electrons. The molecule has 0 aromatic carbocycles. The highest BCUT2D eigenvalue weighted by atomic mass is 16.7. The maximum atomic E-state index is 10.3. The number of rotatable bonds is 12. The molecule has 0 aromatic heterocycles. The first-order valence-corrected chi connectivity index (χ1v) is 9.33. The Hall–Kier alpha value is -0.200. The van der Waals surface area contributed by atoms with Gasteiger partial charge in [-0.15, -0.1) is 0 Å². The first kappa shape index (κ1) is 20.8. The number of unbranched alkanes of at least 4 members (excludes halogenated alkanes) is 3. The maximum Gasteiger partial charge on any atom is 0.184 e. The average molecular weight is 332 g/mol. The van der Waals surface area contributed by atoms with Crippen molar-refractivity contribution in [2.45, 2.75) is 96.9 Å². The molecule has 1 saturated heterocycles. The molecular formula is C18H36O5. The second kappa shape index (κ2) is 12.2. The Morgan fingerprint density at radius 2 is 1.17 bits per heavy atom. The lowest BCUT2D eigenvalue weighted by Gasteiger charge is -2.43. The summed E-state index contributed by atoms with van der Waals surface area (Å²) in [5.41, 5.74) is 0. The van der Waals surface area contributed by atoms with E-state index in [1.165, 1.54) is 0 Å². The smallest absolute Gasteiger partial charge is 0.184 e. The number of aliphatic hydroxyl groups is 1. The standard InChI is InChI=1S/C18H36O5/c1-5-8-11-20-15-14(4)23-18(19)17(22-13-10-7-3)16(15)21-12-9-6-2/h14-19H,5-13H2,1-4H3/t14?,15-,16?,17?,18-/m1/s1. The van der Waals surface area contributed by atoms with Gasteiger partial charge in [0, 0.05) is 19.8 Å². The molecule has 0 amide bonds. The van der Waals surface area contributed by atoms with Crippen molar-refractivity contribution in [1.29, 1.82) is 0 Å².